The van der Waals surface area contributed by atoms with E-state index in [1.165, 1.54) is 25.7 Å². The van der Waals surface area contributed by atoms with Crippen LogP contribution in [0.25, 0.3) is 0 Å². The zero-order chi connectivity index (χ0) is 13.7. The van der Waals surface area contributed by atoms with E-state index in [9.17, 15) is 9.59 Å². The molecule has 0 bridgehead atoms. The van der Waals surface area contributed by atoms with Crippen molar-refractivity contribution in [3.05, 3.63) is 0 Å². The average Bonchev–Trinajstić information content (AvgIpc) is 3.07. The molecule has 0 aromatic heterocycles. The van der Waals surface area contributed by atoms with Crippen LogP contribution in [0.1, 0.15) is 51.4 Å². The van der Waals surface area contributed by atoms with Gasteiger partial charge in [-0.2, -0.15) is 0 Å². The van der Waals surface area contributed by atoms with Crippen molar-refractivity contribution in [2.24, 2.45) is 11.8 Å². The summed E-state index contributed by atoms with van der Waals surface area (Å²) < 4.78 is 0. The number of likely N-dealkylation sites (tertiary alicyclic amines) is 1. The Bertz CT molecular complexity index is 324. The van der Waals surface area contributed by atoms with Gasteiger partial charge in [0.05, 0.1) is 0 Å². The molecule has 0 aromatic carbocycles. The minimum Gasteiger partial charge on any atom is -0.359 e. The highest BCUT2D eigenvalue weighted by atomic mass is 16.2. The van der Waals surface area contributed by atoms with Crippen LogP contribution in [0.5, 0.6) is 0 Å². The van der Waals surface area contributed by atoms with Gasteiger partial charge in [-0.15, -0.1) is 0 Å². The average molecular weight is 266 g/mol. The Kier molecular flexibility index (Phi) is 5.23. The van der Waals surface area contributed by atoms with Gasteiger partial charge in [0.2, 0.25) is 11.8 Å². The van der Waals surface area contributed by atoms with E-state index >= 15 is 0 Å². The Balaban J connectivity index is 1.67. The van der Waals surface area contributed by atoms with Crippen LogP contribution in [0.4, 0.5) is 0 Å². The van der Waals surface area contributed by atoms with Crippen molar-refractivity contribution in [2.75, 3.05) is 20.1 Å². The molecule has 0 aromatic rings. The number of amides is 2. The summed E-state index contributed by atoms with van der Waals surface area (Å²) in [7, 11) is 1.67. The molecule has 2 fully saturated rings. The Hall–Kier alpha value is -1.06. The molecule has 2 aliphatic rings. The first-order valence-electron chi connectivity index (χ1n) is 7.67. The largest absolute Gasteiger partial charge is 0.359 e. The molecule has 1 atom stereocenters. The number of nitrogens with one attached hydrogen (secondary N) is 1. The topological polar surface area (TPSA) is 49.4 Å². The summed E-state index contributed by atoms with van der Waals surface area (Å²) in [5, 5.41) is 2.66. The van der Waals surface area contributed by atoms with Crippen LogP contribution in [0, 0.1) is 11.8 Å². The second-order valence-electron chi connectivity index (χ2n) is 6.06. The summed E-state index contributed by atoms with van der Waals surface area (Å²) in [6.07, 6.45) is 8.62. The van der Waals surface area contributed by atoms with E-state index in [4.69, 9.17) is 0 Å². The fourth-order valence-corrected chi connectivity index (χ4v) is 3.37. The van der Waals surface area contributed by atoms with E-state index in [1.807, 2.05) is 4.90 Å². The summed E-state index contributed by atoms with van der Waals surface area (Å²) in [5.74, 6) is 1.53. The molecule has 0 spiro atoms. The van der Waals surface area contributed by atoms with Crippen molar-refractivity contribution in [1.82, 2.24) is 10.2 Å². The van der Waals surface area contributed by atoms with Gasteiger partial charge in [0, 0.05) is 33.0 Å². The number of nitrogens with zero attached hydrogens (tertiary/aromatic N) is 1. The maximum absolute atomic E-state index is 12.1. The fraction of sp³-hybridized carbons (Fsp3) is 0.867. The van der Waals surface area contributed by atoms with E-state index in [2.05, 4.69) is 5.32 Å². The summed E-state index contributed by atoms with van der Waals surface area (Å²) in [4.78, 5) is 25.4. The number of rotatable bonds is 5. The van der Waals surface area contributed by atoms with Gasteiger partial charge in [-0.1, -0.05) is 25.7 Å². The number of hydrogen-bond acceptors (Lipinski definition) is 2. The predicted octanol–water partition coefficient (Wildman–Crippen LogP) is 1.94. The molecule has 2 amide bonds. The van der Waals surface area contributed by atoms with Gasteiger partial charge in [0.1, 0.15) is 0 Å². The van der Waals surface area contributed by atoms with Gasteiger partial charge in [-0.3, -0.25) is 9.59 Å². The van der Waals surface area contributed by atoms with Gasteiger partial charge >= 0.3 is 0 Å². The molecule has 1 saturated carbocycles. The monoisotopic (exact) mass is 266 g/mol. The Morgan fingerprint density at radius 1 is 1.16 bits per heavy atom. The van der Waals surface area contributed by atoms with Crippen LogP contribution < -0.4 is 5.32 Å². The first-order chi connectivity index (χ1) is 9.19. The second-order valence-corrected chi connectivity index (χ2v) is 6.06. The van der Waals surface area contributed by atoms with Crippen LogP contribution in [0.15, 0.2) is 0 Å². The van der Waals surface area contributed by atoms with Crippen molar-refractivity contribution in [2.45, 2.75) is 51.4 Å². The summed E-state index contributed by atoms with van der Waals surface area (Å²) >= 11 is 0. The number of carbonyl (C=O) groups is 2. The molecular weight excluding hydrogens is 240 g/mol. The smallest absolute Gasteiger partial charge is 0.222 e. The molecule has 1 saturated heterocycles. The lowest BCUT2D eigenvalue weighted by Crippen LogP contribution is -2.29. The third-order valence-corrected chi connectivity index (χ3v) is 4.63. The highest BCUT2D eigenvalue weighted by Gasteiger charge is 2.27. The molecular formula is C15H26N2O2. The zero-order valence-electron chi connectivity index (χ0n) is 12.0. The van der Waals surface area contributed by atoms with Gasteiger partial charge < -0.3 is 10.2 Å². The SMILES string of the molecule is CNC(=O)C[C@H]1CCN(C(=O)CCC2CCCC2)C1. The van der Waals surface area contributed by atoms with Crippen LogP contribution >= 0.6 is 0 Å². The number of hydrogen-bond donors (Lipinski definition) is 1. The lowest BCUT2D eigenvalue weighted by Gasteiger charge is -2.17. The lowest BCUT2D eigenvalue weighted by atomic mass is 10.0. The van der Waals surface area contributed by atoms with Gasteiger partial charge in [-0.25, -0.2) is 0 Å². The third-order valence-electron chi connectivity index (χ3n) is 4.63. The number of carbonyl (C=O) groups excluding carboxylic acids is 2. The van der Waals surface area contributed by atoms with Crippen LogP contribution in [0.3, 0.4) is 0 Å². The normalized spacial score (nSPS) is 23.8. The molecule has 2 rings (SSSR count). The van der Waals surface area contributed by atoms with Crippen molar-refractivity contribution < 1.29 is 9.59 Å². The summed E-state index contributed by atoms with van der Waals surface area (Å²) in [6.45, 7) is 1.61. The van der Waals surface area contributed by atoms with E-state index in [0.717, 1.165) is 31.8 Å². The third kappa shape index (κ3) is 4.22. The molecule has 4 nitrogen and oxygen atoms in total. The molecule has 0 unspecified atom stereocenters. The van der Waals surface area contributed by atoms with E-state index < -0.39 is 0 Å². The van der Waals surface area contributed by atoms with Crippen molar-refractivity contribution in [3.63, 3.8) is 0 Å². The molecule has 19 heavy (non-hydrogen) atoms. The molecule has 108 valence electrons. The quantitative estimate of drug-likeness (QED) is 0.826. The van der Waals surface area contributed by atoms with E-state index in [-0.39, 0.29) is 5.91 Å². The van der Waals surface area contributed by atoms with Crippen LogP contribution in [0.2, 0.25) is 0 Å². The van der Waals surface area contributed by atoms with Crippen molar-refractivity contribution in [3.8, 4) is 0 Å². The molecule has 1 N–H and O–H groups in total. The molecule has 1 aliphatic heterocycles. The zero-order valence-corrected chi connectivity index (χ0v) is 12.0. The molecule has 1 heterocycles. The minimum atomic E-state index is 0.0882. The van der Waals surface area contributed by atoms with Crippen LogP contribution in [-0.2, 0) is 9.59 Å². The Labute approximate surface area is 115 Å². The Morgan fingerprint density at radius 2 is 1.89 bits per heavy atom. The molecule has 1 aliphatic carbocycles. The highest BCUT2D eigenvalue weighted by molar-refractivity contribution is 5.77. The summed E-state index contributed by atoms with van der Waals surface area (Å²) in [6, 6.07) is 0. The highest BCUT2D eigenvalue weighted by Crippen LogP contribution is 2.29. The predicted molar refractivity (Wildman–Crippen MR) is 74.6 cm³/mol. The fourth-order valence-electron chi connectivity index (χ4n) is 3.37. The van der Waals surface area contributed by atoms with E-state index in [1.54, 1.807) is 7.05 Å². The van der Waals surface area contributed by atoms with Gasteiger partial charge in [-0.05, 0) is 24.7 Å². The Morgan fingerprint density at radius 3 is 2.58 bits per heavy atom. The standard InChI is InChI=1S/C15H26N2O2/c1-16-14(18)10-13-8-9-17(11-13)15(19)7-6-12-4-2-3-5-12/h12-13H,2-11H2,1H3,(H,16,18)/t13-/m1/s1. The maximum Gasteiger partial charge on any atom is 0.222 e. The first-order valence-corrected chi connectivity index (χ1v) is 7.67. The van der Waals surface area contributed by atoms with E-state index in [0.29, 0.717) is 24.7 Å². The lowest BCUT2D eigenvalue weighted by molar-refractivity contribution is -0.131. The second kappa shape index (κ2) is 6.92. The van der Waals surface area contributed by atoms with Crippen molar-refractivity contribution in [1.29, 1.82) is 0 Å². The van der Waals surface area contributed by atoms with Crippen LogP contribution in [-0.4, -0.2) is 36.9 Å². The minimum absolute atomic E-state index is 0.0882. The van der Waals surface area contributed by atoms with Crippen molar-refractivity contribution >= 4 is 11.8 Å². The van der Waals surface area contributed by atoms with Gasteiger partial charge in [0.25, 0.3) is 0 Å². The first kappa shape index (κ1) is 14.4. The van der Waals surface area contributed by atoms with Gasteiger partial charge in [0.15, 0.2) is 0 Å². The maximum atomic E-state index is 12.1. The molecule has 4 heteroatoms. The summed E-state index contributed by atoms with van der Waals surface area (Å²) in [5.41, 5.74) is 0. The molecule has 0 radical (unpaired) electrons.